The van der Waals surface area contributed by atoms with Gasteiger partial charge in [0.25, 0.3) is 0 Å². The zero-order valence-corrected chi connectivity index (χ0v) is 21.7. The second kappa shape index (κ2) is 9.96. The third-order valence-electron chi connectivity index (χ3n) is 9.05. The van der Waals surface area contributed by atoms with Gasteiger partial charge in [-0.25, -0.2) is 0 Å². The fourth-order valence-electron chi connectivity index (χ4n) is 7.07. The van der Waals surface area contributed by atoms with Crippen molar-refractivity contribution in [2.24, 2.45) is 28.9 Å². The third kappa shape index (κ3) is 4.39. The molecule has 190 valence electrons. The number of aliphatic hydroxyl groups is 2. The number of benzene rings is 1. The van der Waals surface area contributed by atoms with Crippen LogP contribution in [0.5, 0.6) is 0 Å². The first-order valence-electron chi connectivity index (χ1n) is 13.1. The number of hydrogen-bond donors (Lipinski definition) is 5. The Kier molecular flexibility index (Phi) is 7.33. The van der Waals surface area contributed by atoms with Crippen molar-refractivity contribution in [2.45, 2.75) is 64.1 Å². The van der Waals surface area contributed by atoms with E-state index in [2.05, 4.69) is 49.5 Å². The molecule has 0 heterocycles. The first kappa shape index (κ1) is 25.7. The summed E-state index contributed by atoms with van der Waals surface area (Å²) < 4.78 is 0. The Bertz CT molecular complexity index is 1070. The molecule has 0 aromatic heterocycles. The van der Waals surface area contributed by atoms with E-state index in [4.69, 9.17) is 11.5 Å². The van der Waals surface area contributed by atoms with E-state index in [1.807, 2.05) is 26.2 Å². The van der Waals surface area contributed by atoms with Crippen LogP contribution in [0.3, 0.4) is 0 Å². The maximum Gasteiger partial charge on any atom is 0.0933 e. The first-order chi connectivity index (χ1) is 16.7. The fraction of sp³-hybridized carbons (Fsp3) is 0.533. The highest BCUT2D eigenvalue weighted by Crippen LogP contribution is 2.63. The smallest absolute Gasteiger partial charge is 0.0933 e. The summed E-state index contributed by atoms with van der Waals surface area (Å²) in [6.45, 7) is 4.61. The van der Waals surface area contributed by atoms with Gasteiger partial charge in [0.1, 0.15) is 0 Å². The highest BCUT2D eigenvalue weighted by molar-refractivity contribution is 5.78. The summed E-state index contributed by atoms with van der Waals surface area (Å²) in [5, 5.41) is 25.2. The molecule has 5 heteroatoms. The highest BCUT2D eigenvalue weighted by Gasteiger charge is 2.58. The Hall–Kier alpha value is -2.34. The van der Waals surface area contributed by atoms with Crippen molar-refractivity contribution >= 4 is 17.3 Å². The van der Waals surface area contributed by atoms with E-state index in [1.165, 1.54) is 17.3 Å². The normalized spacial score (nSPS) is 36.0. The van der Waals surface area contributed by atoms with Gasteiger partial charge in [-0.1, -0.05) is 49.8 Å². The minimum atomic E-state index is -0.831. The van der Waals surface area contributed by atoms with Gasteiger partial charge in [-0.2, -0.15) is 0 Å². The van der Waals surface area contributed by atoms with Crippen LogP contribution in [-0.2, 0) is 0 Å². The molecule has 1 aromatic carbocycles. The van der Waals surface area contributed by atoms with Crippen LogP contribution in [0.25, 0.3) is 11.6 Å². The van der Waals surface area contributed by atoms with E-state index < -0.39 is 5.60 Å². The van der Waals surface area contributed by atoms with Gasteiger partial charge in [-0.3, -0.25) is 0 Å². The number of rotatable bonds is 2. The van der Waals surface area contributed by atoms with Crippen LogP contribution < -0.4 is 16.8 Å². The number of nitrogens with one attached hydrogen (secondary N) is 1. The van der Waals surface area contributed by atoms with E-state index in [1.54, 1.807) is 0 Å². The summed E-state index contributed by atoms with van der Waals surface area (Å²) in [7, 11) is 3.75. The second-order valence-corrected chi connectivity index (χ2v) is 11.1. The average Bonchev–Trinajstić information content (AvgIpc) is 3.12. The van der Waals surface area contributed by atoms with Gasteiger partial charge < -0.3 is 27.0 Å². The van der Waals surface area contributed by atoms with Crippen LogP contribution in [0.4, 0.5) is 5.69 Å². The topological polar surface area (TPSA) is 105 Å². The number of anilines is 1. The standard InChI is InChI=1S/C28H36N2O2.C2H7N/c1-17-13-22-14-21-15-23(31)6-5-18(21)9-11-28(22,32)26-8-7-24(27(17,26)2)20-4-3-19(10-12-29)25(30)16-20;1-3-2/h3-4,7,10,12-14,16-18,23,26,31-32H,5-6,8-9,11,15,29-30H2,1-2H3;3H,1-2H3/b12-10-;/t17?,18?,23?,26?,27?,28-;/m1./s1. The molecule has 5 unspecified atom stereocenters. The van der Waals surface area contributed by atoms with Crippen molar-refractivity contribution in [3.8, 4) is 0 Å². The SMILES string of the molecule is CC1C=C2C=C3CC(O)CCC3CC[C@]2(O)C2CC=C(c3ccc(/C=C\N)c(N)c3)C12C.CNC. The van der Waals surface area contributed by atoms with Crippen molar-refractivity contribution in [2.75, 3.05) is 19.8 Å². The molecule has 4 aliphatic carbocycles. The molecule has 0 saturated heterocycles. The monoisotopic (exact) mass is 477 g/mol. The zero-order valence-electron chi connectivity index (χ0n) is 21.7. The van der Waals surface area contributed by atoms with E-state index in [0.29, 0.717) is 5.92 Å². The summed E-state index contributed by atoms with van der Waals surface area (Å²) >= 11 is 0. The Balaban J connectivity index is 0.000000917. The van der Waals surface area contributed by atoms with Crippen molar-refractivity contribution in [3.05, 3.63) is 64.9 Å². The molecule has 0 bridgehead atoms. The molecular weight excluding hydrogens is 434 g/mol. The molecule has 1 saturated carbocycles. The minimum Gasteiger partial charge on any atom is -0.405 e. The van der Waals surface area contributed by atoms with Gasteiger partial charge in [0.05, 0.1) is 11.7 Å². The molecule has 5 rings (SSSR count). The predicted molar refractivity (Wildman–Crippen MR) is 146 cm³/mol. The van der Waals surface area contributed by atoms with Gasteiger partial charge in [0, 0.05) is 17.0 Å². The lowest BCUT2D eigenvalue weighted by Crippen LogP contribution is -2.51. The fourth-order valence-corrected chi connectivity index (χ4v) is 7.07. The quantitative estimate of drug-likeness (QED) is 0.400. The molecule has 6 atom stereocenters. The van der Waals surface area contributed by atoms with E-state index in [9.17, 15) is 10.2 Å². The molecular formula is C30H43N3O2. The third-order valence-corrected chi connectivity index (χ3v) is 9.05. The molecule has 7 N–H and O–H groups in total. The van der Waals surface area contributed by atoms with Crippen molar-refractivity contribution < 1.29 is 10.2 Å². The maximum absolute atomic E-state index is 12.2. The van der Waals surface area contributed by atoms with Gasteiger partial charge >= 0.3 is 0 Å². The minimum absolute atomic E-state index is 0.131. The van der Waals surface area contributed by atoms with Crippen molar-refractivity contribution in [1.82, 2.24) is 5.32 Å². The predicted octanol–water partition coefficient (Wildman–Crippen LogP) is 4.63. The lowest BCUT2D eigenvalue weighted by molar-refractivity contribution is -0.0455. The lowest BCUT2D eigenvalue weighted by Gasteiger charge is -2.51. The number of nitrogen functional groups attached to an aromatic ring is 1. The summed E-state index contributed by atoms with van der Waals surface area (Å²) in [6, 6.07) is 6.21. The Morgan fingerprint density at radius 2 is 1.91 bits per heavy atom. The van der Waals surface area contributed by atoms with Crippen LogP contribution in [0.15, 0.2) is 53.8 Å². The molecule has 5 nitrogen and oxygen atoms in total. The molecule has 35 heavy (non-hydrogen) atoms. The number of nitrogens with two attached hydrogens (primary N) is 2. The molecule has 1 fully saturated rings. The van der Waals surface area contributed by atoms with Gasteiger partial charge in [-0.15, -0.1) is 0 Å². The number of aliphatic hydroxyl groups excluding tert-OH is 1. The molecule has 0 spiro atoms. The summed E-state index contributed by atoms with van der Waals surface area (Å²) in [5.41, 5.74) is 17.4. The Morgan fingerprint density at radius 1 is 1.17 bits per heavy atom. The summed E-state index contributed by atoms with van der Waals surface area (Å²) in [6.07, 6.45) is 15.3. The first-order valence-corrected chi connectivity index (χ1v) is 13.1. The van der Waals surface area contributed by atoms with Gasteiger partial charge in [0.2, 0.25) is 0 Å². The van der Waals surface area contributed by atoms with Crippen LogP contribution in [0.1, 0.15) is 63.5 Å². The zero-order chi connectivity index (χ0) is 25.4. The second-order valence-electron chi connectivity index (χ2n) is 11.1. The molecule has 0 amide bonds. The van der Waals surface area contributed by atoms with Gasteiger partial charge in [-0.05, 0) is 105 Å². The van der Waals surface area contributed by atoms with Crippen LogP contribution in [0.2, 0.25) is 0 Å². The Morgan fingerprint density at radius 3 is 2.60 bits per heavy atom. The Labute approximate surface area is 210 Å². The number of fused-ring (bicyclic) bond motifs is 4. The largest absolute Gasteiger partial charge is 0.405 e. The number of allylic oxidation sites excluding steroid dienone is 3. The summed E-state index contributed by atoms with van der Waals surface area (Å²) in [5.74, 6) is 0.905. The van der Waals surface area contributed by atoms with Crippen LogP contribution >= 0.6 is 0 Å². The molecule has 0 radical (unpaired) electrons. The lowest BCUT2D eigenvalue weighted by atomic mass is 9.54. The number of hydrogen-bond acceptors (Lipinski definition) is 5. The van der Waals surface area contributed by atoms with E-state index in [0.717, 1.165) is 60.9 Å². The van der Waals surface area contributed by atoms with Crippen molar-refractivity contribution in [3.63, 3.8) is 0 Å². The maximum atomic E-state index is 12.2. The van der Waals surface area contributed by atoms with Crippen molar-refractivity contribution in [1.29, 1.82) is 0 Å². The van der Waals surface area contributed by atoms with Crippen LogP contribution in [-0.4, -0.2) is 36.0 Å². The van der Waals surface area contributed by atoms with E-state index >= 15 is 0 Å². The average molecular weight is 478 g/mol. The van der Waals surface area contributed by atoms with Crippen LogP contribution in [0, 0.1) is 23.2 Å². The summed E-state index contributed by atoms with van der Waals surface area (Å²) in [4.78, 5) is 0. The molecule has 1 aromatic rings. The molecule has 4 aliphatic rings. The van der Waals surface area contributed by atoms with E-state index in [-0.39, 0.29) is 23.4 Å². The van der Waals surface area contributed by atoms with Gasteiger partial charge in [0.15, 0.2) is 0 Å². The highest BCUT2D eigenvalue weighted by atomic mass is 16.3. The molecule has 0 aliphatic heterocycles.